The van der Waals surface area contributed by atoms with Crippen LogP contribution in [0.3, 0.4) is 0 Å². The van der Waals surface area contributed by atoms with Gasteiger partial charge in [-0.1, -0.05) is 116 Å². The van der Waals surface area contributed by atoms with Gasteiger partial charge in [0, 0.05) is 5.54 Å². The van der Waals surface area contributed by atoms with Gasteiger partial charge in [0.25, 0.3) is 0 Å². The fourth-order valence-electron chi connectivity index (χ4n) is 8.70. The third-order valence-electron chi connectivity index (χ3n) is 10.6. The molecule has 1 heterocycles. The van der Waals surface area contributed by atoms with E-state index in [4.69, 9.17) is 0 Å². The zero-order valence-corrected chi connectivity index (χ0v) is 23.9. The Morgan fingerprint density at radius 3 is 1.31 bits per heavy atom. The Bertz CT molecular complexity index is 1840. The number of likely N-dealkylation sites (tertiary alicyclic amines) is 1. The number of Topliss-reactive ketones (excluding diaryl/α,β-unsaturated/α-hetero) is 1. The van der Waals surface area contributed by atoms with Crippen molar-refractivity contribution in [1.82, 2.24) is 4.90 Å². The van der Waals surface area contributed by atoms with Gasteiger partial charge in [-0.2, -0.15) is 0 Å². The van der Waals surface area contributed by atoms with E-state index in [1.165, 1.54) is 4.90 Å². The summed E-state index contributed by atoms with van der Waals surface area (Å²) in [5.41, 5.74) is 0.00921. The van der Waals surface area contributed by atoms with Gasteiger partial charge in [0.15, 0.2) is 5.78 Å². The lowest BCUT2D eigenvalue weighted by atomic mass is 9.59. The van der Waals surface area contributed by atoms with E-state index in [-0.39, 0.29) is 17.6 Å². The van der Waals surface area contributed by atoms with Crippen LogP contribution in [0.1, 0.15) is 49.4 Å². The van der Waals surface area contributed by atoms with Gasteiger partial charge in [-0.15, -0.1) is 0 Å². The molecule has 1 aliphatic heterocycles. The van der Waals surface area contributed by atoms with Crippen LogP contribution in [0, 0.1) is 11.8 Å². The first-order valence-corrected chi connectivity index (χ1v) is 14.8. The molecule has 0 N–H and O–H groups in total. The molecule has 0 spiro atoms. The largest absolute Gasteiger partial charge is 0.297 e. The fourth-order valence-corrected chi connectivity index (χ4v) is 8.70. The average Bonchev–Trinajstić information content (AvgIpc) is 3.55. The number of benzene rings is 5. The van der Waals surface area contributed by atoms with Crippen LogP contribution in [-0.4, -0.2) is 28.0 Å². The van der Waals surface area contributed by atoms with E-state index in [9.17, 15) is 9.59 Å². The maximum Gasteiger partial charge on any atom is 0.235 e. The van der Waals surface area contributed by atoms with E-state index in [0.717, 1.165) is 43.8 Å². The van der Waals surface area contributed by atoms with Crippen LogP contribution in [-0.2, 0) is 25.2 Å². The number of carbonyl (C=O) groups excluding carboxylic acids is 3. The standard InChI is InChI=1S/C38H31NO3/c1-4-36(2,3)39-33(40)31-32(34(39)41)38(24-17-9-6-10-18-24)30-28-22-14-12-20-26(28)25-19-11-13-21-27(25)29(30)37(31,35(38)42)23-15-7-5-8-16-23/h5-22,31-32H,4H2,1-3H3/t31-,32+,37+,38-. The summed E-state index contributed by atoms with van der Waals surface area (Å²) >= 11 is 0. The van der Waals surface area contributed by atoms with Crippen molar-refractivity contribution in [2.45, 2.75) is 43.6 Å². The van der Waals surface area contributed by atoms with Crippen molar-refractivity contribution in [1.29, 1.82) is 0 Å². The first-order valence-electron chi connectivity index (χ1n) is 14.8. The summed E-state index contributed by atoms with van der Waals surface area (Å²) in [4.78, 5) is 47.0. The summed E-state index contributed by atoms with van der Waals surface area (Å²) in [7, 11) is 0. The normalized spacial score (nSPS) is 26.4. The lowest BCUT2D eigenvalue weighted by Crippen LogP contribution is -2.52. The molecule has 0 unspecified atom stereocenters. The molecule has 0 radical (unpaired) electrons. The van der Waals surface area contributed by atoms with E-state index >= 15 is 4.79 Å². The van der Waals surface area contributed by atoms with Crippen LogP contribution in [0.15, 0.2) is 109 Å². The maximum absolute atomic E-state index is 15.8. The second kappa shape index (κ2) is 8.25. The molecule has 206 valence electrons. The summed E-state index contributed by atoms with van der Waals surface area (Å²) in [6.45, 7) is 5.91. The quantitative estimate of drug-likeness (QED) is 0.180. The number of hydrogen-bond donors (Lipinski definition) is 0. The van der Waals surface area contributed by atoms with E-state index in [2.05, 4.69) is 24.3 Å². The number of rotatable bonds is 4. The molecule has 1 saturated heterocycles. The van der Waals surface area contributed by atoms with E-state index in [1.807, 2.05) is 106 Å². The Hall–Kier alpha value is -4.57. The Balaban J connectivity index is 1.65. The number of amides is 2. The van der Waals surface area contributed by atoms with Crippen LogP contribution in [0.2, 0.25) is 0 Å². The molecule has 4 nitrogen and oxygen atoms in total. The second-order valence-corrected chi connectivity index (χ2v) is 12.7. The van der Waals surface area contributed by atoms with Crippen LogP contribution < -0.4 is 0 Å². The van der Waals surface area contributed by atoms with Crippen LogP contribution in [0.4, 0.5) is 0 Å². The van der Waals surface area contributed by atoms with Gasteiger partial charge in [-0.25, -0.2) is 0 Å². The van der Waals surface area contributed by atoms with E-state index < -0.39 is 28.2 Å². The molecule has 5 aromatic carbocycles. The van der Waals surface area contributed by atoms with Gasteiger partial charge in [0.05, 0.1) is 22.7 Å². The molecule has 2 fully saturated rings. The Morgan fingerprint density at radius 1 is 0.571 bits per heavy atom. The topological polar surface area (TPSA) is 54.5 Å². The summed E-state index contributed by atoms with van der Waals surface area (Å²) in [5, 5.41) is 4.02. The Kier molecular flexibility index (Phi) is 4.95. The molecule has 2 amide bonds. The van der Waals surface area contributed by atoms with Crippen molar-refractivity contribution < 1.29 is 14.4 Å². The third kappa shape index (κ3) is 2.63. The van der Waals surface area contributed by atoms with Crippen molar-refractivity contribution in [3.63, 3.8) is 0 Å². The summed E-state index contributed by atoms with van der Waals surface area (Å²) < 4.78 is 0. The van der Waals surface area contributed by atoms with Crippen LogP contribution in [0.25, 0.3) is 21.5 Å². The molecule has 42 heavy (non-hydrogen) atoms. The second-order valence-electron chi connectivity index (χ2n) is 12.7. The zero-order chi connectivity index (χ0) is 29.0. The molecular weight excluding hydrogens is 518 g/mol. The lowest BCUT2D eigenvalue weighted by Gasteiger charge is -2.38. The van der Waals surface area contributed by atoms with Crippen molar-refractivity contribution in [2.75, 3.05) is 0 Å². The molecule has 2 bridgehead atoms. The average molecular weight is 550 g/mol. The summed E-state index contributed by atoms with van der Waals surface area (Å²) in [6.07, 6.45) is 0.618. The predicted octanol–water partition coefficient (Wildman–Crippen LogP) is 6.95. The molecule has 2 aliphatic carbocycles. The maximum atomic E-state index is 15.8. The van der Waals surface area contributed by atoms with Gasteiger partial charge in [-0.3, -0.25) is 19.3 Å². The summed E-state index contributed by atoms with van der Waals surface area (Å²) in [6, 6.07) is 35.9. The molecule has 4 atom stereocenters. The SMILES string of the molecule is CCC(C)(C)N1C(=O)[C@@H]2[C@H](C1=O)[C@@]1(c3ccccc3)C(=O)[C@]2(c2ccccc2)c2c1c1ccccc1c1ccccc21. The molecule has 4 heteroatoms. The van der Waals surface area contributed by atoms with Gasteiger partial charge >= 0.3 is 0 Å². The minimum atomic E-state index is -1.31. The van der Waals surface area contributed by atoms with Crippen LogP contribution in [0.5, 0.6) is 0 Å². The smallest absolute Gasteiger partial charge is 0.235 e. The van der Waals surface area contributed by atoms with Gasteiger partial charge in [0.1, 0.15) is 0 Å². The van der Waals surface area contributed by atoms with Gasteiger partial charge < -0.3 is 0 Å². The fraction of sp³-hybridized carbons (Fsp3) is 0.237. The third-order valence-corrected chi connectivity index (χ3v) is 10.6. The highest BCUT2D eigenvalue weighted by Crippen LogP contribution is 2.72. The Morgan fingerprint density at radius 2 is 0.929 bits per heavy atom. The number of nitrogens with zero attached hydrogens (tertiary/aromatic N) is 1. The number of ketones is 1. The van der Waals surface area contributed by atoms with Gasteiger partial charge in [0.2, 0.25) is 11.8 Å². The minimum absolute atomic E-state index is 0.0606. The van der Waals surface area contributed by atoms with Crippen molar-refractivity contribution in [3.8, 4) is 0 Å². The lowest BCUT2D eigenvalue weighted by molar-refractivity contribution is -0.149. The van der Waals surface area contributed by atoms with E-state index in [1.54, 1.807) is 0 Å². The first kappa shape index (κ1) is 25.2. The van der Waals surface area contributed by atoms with E-state index in [0.29, 0.717) is 6.42 Å². The minimum Gasteiger partial charge on any atom is -0.297 e. The molecular formula is C38H31NO3. The number of carbonyl (C=O) groups is 3. The summed E-state index contributed by atoms with van der Waals surface area (Å²) in [5.74, 6) is -2.23. The van der Waals surface area contributed by atoms with Gasteiger partial charge in [-0.05, 0) is 64.1 Å². The highest BCUT2D eigenvalue weighted by molar-refractivity contribution is 6.29. The first-order chi connectivity index (χ1) is 20.3. The van der Waals surface area contributed by atoms with Crippen LogP contribution >= 0.6 is 0 Å². The van der Waals surface area contributed by atoms with Crippen molar-refractivity contribution in [3.05, 3.63) is 131 Å². The number of imide groups is 1. The number of hydrogen-bond acceptors (Lipinski definition) is 3. The molecule has 1 saturated carbocycles. The monoisotopic (exact) mass is 549 g/mol. The predicted molar refractivity (Wildman–Crippen MR) is 164 cm³/mol. The highest BCUT2D eigenvalue weighted by atomic mass is 16.2. The Labute approximate surface area is 245 Å². The zero-order valence-electron chi connectivity index (χ0n) is 23.9. The molecule has 3 aliphatic rings. The highest BCUT2D eigenvalue weighted by Gasteiger charge is 2.83. The van der Waals surface area contributed by atoms with Crippen molar-refractivity contribution >= 4 is 39.1 Å². The molecule has 8 rings (SSSR count). The molecule has 5 aromatic rings. The number of fused-ring (bicyclic) bond motifs is 13. The molecule has 0 aromatic heterocycles. The van der Waals surface area contributed by atoms with Crippen molar-refractivity contribution in [2.24, 2.45) is 11.8 Å².